The normalized spacial score (nSPS) is 25.1. The summed E-state index contributed by atoms with van der Waals surface area (Å²) in [6, 6.07) is 8.17. The van der Waals surface area contributed by atoms with E-state index in [0.29, 0.717) is 6.04 Å². The second-order valence-electron chi connectivity index (χ2n) is 7.95. The van der Waals surface area contributed by atoms with Crippen LogP contribution in [-0.4, -0.2) is 66.5 Å². The number of hydrogen-bond donors (Lipinski definition) is 1. The Bertz CT molecular complexity index is 683. The van der Waals surface area contributed by atoms with E-state index in [4.69, 9.17) is 4.74 Å². The van der Waals surface area contributed by atoms with Crippen molar-refractivity contribution in [3.8, 4) is 0 Å². The number of benzene rings is 1. The zero-order valence-electron chi connectivity index (χ0n) is 16.8. The molecule has 0 radical (unpaired) electrons. The third-order valence-corrected chi connectivity index (χ3v) is 5.86. The van der Waals surface area contributed by atoms with Crippen LogP contribution < -0.4 is 5.32 Å². The quantitative estimate of drug-likeness (QED) is 0.875. The van der Waals surface area contributed by atoms with Gasteiger partial charge in [-0.15, -0.1) is 0 Å². The van der Waals surface area contributed by atoms with E-state index in [2.05, 4.69) is 24.1 Å². The minimum Gasteiger partial charge on any atom is -0.356 e. The molecule has 6 heteroatoms. The molecule has 0 aromatic heterocycles. The van der Waals surface area contributed by atoms with Gasteiger partial charge in [0.2, 0.25) is 5.91 Å². The summed E-state index contributed by atoms with van der Waals surface area (Å²) in [6.07, 6.45) is 1.21. The van der Waals surface area contributed by atoms with Gasteiger partial charge in [-0.25, -0.2) is 0 Å². The summed E-state index contributed by atoms with van der Waals surface area (Å²) in [7, 11) is 1.75. The Labute approximate surface area is 161 Å². The highest BCUT2D eigenvalue weighted by atomic mass is 16.5. The van der Waals surface area contributed by atoms with Crippen molar-refractivity contribution in [2.75, 3.05) is 26.7 Å². The fourth-order valence-electron chi connectivity index (χ4n) is 4.07. The van der Waals surface area contributed by atoms with Crippen molar-refractivity contribution in [2.45, 2.75) is 57.8 Å². The van der Waals surface area contributed by atoms with Gasteiger partial charge >= 0.3 is 0 Å². The smallest absolute Gasteiger partial charge is 0.251 e. The van der Waals surface area contributed by atoms with Crippen molar-refractivity contribution in [3.05, 3.63) is 35.4 Å². The predicted octanol–water partition coefficient (Wildman–Crippen LogP) is 1.88. The van der Waals surface area contributed by atoms with Crippen LogP contribution in [0.2, 0.25) is 0 Å². The highest BCUT2D eigenvalue weighted by Gasteiger charge is 2.41. The van der Waals surface area contributed by atoms with Gasteiger partial charge in [-0.05, 0) is 44.7 Å². The monoisotopic (exact) mass is 373 g/mol. The van der Waals surface area contributed by atoms with Gasteiger partial charge in [0, 0.05) is 32.2 Å². The molecule has 2 aliphatic rings. The van der Waals surface area contributed by atoms with Crippen LogP contribution in [0.5, 0.6) is 0 Å². The third-order valence-electron chi connectivity index (χ3n) is 5.86. The topological polar surface area (TPSA) is 61.9 Å². The molecule has 27 heavy (non-hydrogen) atoms. The molecule has 2 heterocycles. The van der Waals surface area contributed by atoms with Crippen molar-refractivity contribution in [3.63, 3.8) is 0 Å². The highest BCUT2D eigenvalue weighted by molar-refractivity contribution is 5.86. The van der Waals surface area contributed by atoms with Gasteiger partial charge in [-0.2, -0.15) is 0 Å². The van der Waals surface area contributed by atoms with E-state index >= 15 is 0 Å². The Morgan fingerprint density at radius 1 is 1.22 bits per heavy atom. The van der Waals surface area contributed by atoms with Gasteiger partial charge in [0.25, 0.3) is 5.91 Å². The maximum Gasteiger partial charge on any atom is 0.251 e. The maximum absolute atomic E-state index is 13.0. The number of likely N-dealkylation sites (tertiary alicyclic amines) is 1. The minimum absolute atomic E-state index is 0.0528. The first-order valence-electron chi connectivity index (χ1n) is 9.85. The number of amides is 2. The van der Waals surface area contributed by atoms with Gasteiger partial charge < -0.3 is 19.9 Å². The molecular weight excluding hydrogens is 342 g/mol. The Balaban J connectivity index is 1.72. The first-order valence-corrected chi connectivity index (χ1v) is 9.85. The lowest BCUT2D eigenvalue weighted by Crippen LogP contribution is -2.55. The van der Waals surface area contributed by atoms with E-state index in [0.717, 1.165) is 37.1 Å². The molecule has 0 aliphatic carbocycles. The number of rotatable bonds is 4. The average Bonchev–Trinajstić information content (AvgIpc) is 2.65. The van der Waals surface area contributed by atoms with Crippen LogP contribution in [0.3, 0.4) is 0 Å². The van der Waals surface area contributed by atoms with E-state index in [1.54, 1.807) is 11.9 Å². The minimum atomic E-state index is -0.683. The molecule has 0 bridgehead atoms. The lowest BCUT2D eigenvalue weighted by molar-refractivity contribution is -0.162. The number of nitrogens with zero attached hydrogens (tertiary/aromatic N) is 2. The molecule has 2 aliphatic heterocycles. The van der Waals surface area contributed by atoms with E-state index < -0.39 is 12.1 Å². The van der Waals surface area contributed by atoms with E-state index in [9.17, 15) is 9.59 Å². The Morgan fingerprint density at radius 2 is 1.89 bits per heavy atom. The summed E-state index contributed by atoms with van der Waals surface area (Å²) in [5.74, 6) is -0.219. The number of likely N-dealkylation sites (N-methyl/N-ethyl adjacent to an activating group) is 1. The summed E-state index contributed by atoms with van der Waals surface area (Å²) in [5.41, 5.74) is 2.01. The molecular formula is C21H31N3O3. The maximum atomic E-state index is 13.0. The Morgan fingerprint density at radius 3 is 2.52 bits per heavy atom. The molecule has 2 amide bonds. The summed E-state index contributed by atoms with van der Waals surface area (Å²) in [5, 5.41) is 3.17. The lowest BCUT2D eigenvalue weighted by atomic mass is 9.93. The molecule has 0 saturated carbocycles. The third kappa shape index (κ3) is 4.33. The molecule has 148 valence electrons. The second-order valence-corrected chi connectivity index (χ2v) is 7.95. The van der Waals surface area contributed by atoms with Crippen LogP contribution in [0.1, 0.15) is 43.9 Å². The van der Waals surface area contributed by atoms with Crippen LogP contribution in [0.25, 0.3) is 0 Å². The zero-order chi connectivity index (χ0) is 19.6. The summed E-state index contributed by atoms with van der Waals surface area (Å²) < 4.78 is 5.73. The molecule has 2 fully saturated rings. The van der Waals surface area contributed by atoms with Crippen LogP contribution in [0, 0.1) is 6.92 Å². The molecule has 2 saturated heterocycles. The summed E-state index contributed by atoms with van der Waals surface area (Å²) in [4.78, 5) is 29.3. The number of hydrogen-bond acceptors (Lipinski definition) is 4. The van der Waals surface area contributed by atoms with Gasteiger partial charge in [0.05, 0.1) is 6.04 Å². The second kappa shape index (κ2) is 8.40. The van der Waals surface area contributed by atoms with E-state index in [1.165, 1.54) is 0 Å². The van der Waals surface area contributed by atoms with Crippen molar-refractivity contribution < 1.29 is 14.3 Å². The van der Waals surface area contributed by atoms with Gasteiger partial charge in [-0.3, -0.25) is 9.59 Å². The number of ether oxygens (including phenoxy) is 1. The van der Waals surface area contributed by atoms with E-state index in [1.807, 2.05) is 31.2 Å². The highest BCUT2D eigenvalue weighted by Crippen LogP contribution is 2.31. The van der Waals surface area contributed by atoms with Gasteiger partial charge in [-0.1, -0.05) is 24.3 Å². The average molecular weight is 373 g/mol. The molecule has 1 aromatic carbocycles. The van der Waals surface area contributed by atoms with Crippen LogP contribution in [0.15, 0.2) is 24.3 Å². The molecule has 6 nitrogen and oxygen atoms in total. The number of carbonyl (C=O) groups is 2. The predicted molar refractivity (Wildman–Crippen MR) is 104 cm³/mol. The van der Waals surface area contributed by atoms with Gasteiger partial charge in [0.15, 0.2) is 6.10 Å². The molecule has 2 atom stereocenters. The first-order chi connectivity index (χ1) is 12.9. The molecule has 3 rings (SSSR count). The van der Waals surface area contributed by atoms with Crippen LogP contribution >= 0.6 is 0 Å². The summed E-state index contributed by atoms with van der Waals surface area (Å²) >= 11 is 0. The van der Waals surface area contributed by atoms with Gasteiger partial charge in [0.1, 0.15) is 6.61 Å². The number of nitrogens with one attached hydrogen (secondary N) is 1. The number of carbonyl (C=O) groups excluding carboxylic acids is 2. The lowest BCUT2D eigenvalue weighted by Gasteiger charge is -2.40. The molecule has 1 N–H and O–H groups in total. The molecule has 1 aromatic rings. The van der Waals surface area contributed by atoms with Crippen LogP contribution in [-0.2, 0) is 14.3 Å². The van der Waals surface area contributed by atoms with E-state index in [-0.39, 0.29) is 24.5 Å². The largest absolute Gasteiger partial charge is 0.356 e. The Hall–Kier alpha value is -1.92. The Kier molecular flexibility index (Phi) is 6.17. The van der Waals surface area contributed by atoms with Crippen molar-refractivity contribution >= 4 is 11.8 Å². The number of piperidine rings is 1. The fraction of sp³-hybridized carbons (Fsp3) is 0.619. The van der Waals surface area contributed by atoms with Crippen molar-refractivity contribution in [1.29, 1.82) is 0 Å². The van der Waals surface area contributed by atoms with Crippen molar-refractivity contribution in [2.24, 2.45) is 0 Å². The van der Waals surface area contributed by atoms with Crippen molar-refractivity contribution in [1.82, 2.24) is 15.1 Å². The number of morpholine rings is 1. The molecule has 0 spiro atoms. The number of aryl methyl sites for hydroxylation is 1. The molecule has 0 unspecified atom stereocenters. The fourth-order valence-corrected chi connectivity index (χ4v) is 4.07. The zero-order valence-corrected chi connectivity index (χ0v) is 16.8. The first kappa shape index (κ1) is 19.8. The standard InChI is InChI=1S/C21H31N3O3/c1-14(2)24-11-9-16(10-12-24)22-21(26)20-19(23(4)18(25)13-27-20)17-8-6-5-7-15(17)3/h5-8,14,16,19-20H,9-13H2,1-4H3,(H,22,26)/t19-,20+/m1/s1. The summed E-state index contributed by atoms with van der Waals surface area (Å²) in [6.45, 7) is 8.34. The SMILES string of the molecule is Cc1ccccc1[C@@H]1[C@@H](C(=O)NC2CCN(C(C)C)CC2)OCC(=O)N1C. The van der Waals surface area contributed by atoms with Crippen LogP contribution in [0.4, 0.5) is 0 Å².